The molecule has 2 aromatic rings. The summed E-state index contributed by atoms with van der Waals surface area (Å²) in [6.45, 7) is 9.01. The number of hydrogen-bond donors (Lipinski definition) is 2. The van der Waals surface area contributed by atoms with Gasteiger partial charge in [-0.25, -0.2) is 0 Å². The summed E-state index contributed by atoms with van der Waals surface area (Å²) < 4.78 is 11.7. The predicted octanol–water partition coefficient (Wildman–Crippen LogP) is 3.00. The molecule has 0 aliphatic carbocycles. The summed E-state index contributed by atoms with van der Waals surface area (Å²) >= 11 is 0. The summed E-state index contributed by atoms with van der Waals surface area (Å²) in [5.41, 5.74) is 4.87. The van der Waals surface area contributed by atoms with Crippen molar-refractivity contribution in [2.45, 2.75) is 45.9 Å². The number of aliphatic hydroxyl groups is 2. The van der Waals surface area contributed by atoms with Crippen molar-refractivity contribution in [2.75, 3.05) is 26.3 Å². The third kappa shape index (κ3) is 5.25. The summed E-state index contributed by atoms with van der Waals surface area (Å²) in [6, 6.07) is 12.1. The highest BCUT2D eigenvalue weighted by molar-refractivity contribution is 5.40. The number of likely N-dealkylation sites (tertiary alicyclic amines) is 1. The zero-order valence-electron chi connectivity index (χ0n) is 17.0. The van der Waals surface area contributed by atoms with Gasteiger partial charge in [0, 0.05) is 32.7 Å². The lowest BCUT2D eigenvalue weighted by Crippen LogP contribution is -2.30. The number of hydrogen-bond acceptors (Lipinski definition) is 5. The molecule has 0 saturated carbocycles. The Hall–Kier alpha value is -2.08. The lowest BCUT2D eigenvalue weighted by atomic mass is 10.0. The molecule has 0 unspecified atom stereocenters. The van der Waals surface area contributed by atoms with Crippen molar-refractivity contribution in [1.29, 1.82) is 0 Å². The van der Waals surface area contributed by atoms with E-state index in [4.69, 9.17) is 14.6 Å². The number of rotatable bonds is 8. The molecule has 5 nitrogen and oxygen atoms in total. The minimum Gasteiger partial charge on any atom is -0.494 e. The highest BCUT2D eigenvalue weighted by atomic mass is 16.5. The Morgan fingerprint density at radius 2 is 1.68 bits per heavy atom. The number of nitrogens with zero attached hydrogens (tertiary/aromatic N) is 1. The van der Waals surface area contributed by atoms with Crippen molar-refractivity contribution in [3.05, 3.63) is 58.7 Å². The first-order valence-corrected chi connectivity index (χ1v) is 9.94. The molecule has 1 aliphatic rings. The zero-order valence-corrected chi connectivity index (χ0v) is 17.0. The van der Waals surface area contributed by atoms with Gasteiger partial charge < -0.3 is 19.7 Å². The van der Waals surface area contributed by atoms with E-state index in [1.165, 1.54) is 22.3 Å². The normalized spacial score (nSPS) is 19.8. The van der Waals surface area contributed by atoms with Crippen LogP contribution in [0.25, 0.3) is 0 Å². The van der Waals surface area contributed by atoms with E-state index in [0.29, 0.717) is 26.1 Å². The molecule has 152 valence electrons. The van der Waals surface area contributed by atoms with Gasteiger partial charge in [-0.3, -0.25) is 4.90 Å². The van der Waals surface area contributed by atoms with E-state index in [0.717, 1.165) is 18.0 Å². The molecule has 28 heavy (non-hydrogen) atoms. The van der Waals surface area contributed by atoms with Crippen molar-refractivity contribution in [2.24, 2.45) is 0 Å². The Balaban J connectivity index is 1.55. The first kappa shape index (κ1) is 20.6. The number of benzene rings is 2. The van der Waals surface area contributed by atoms with Gasteiger partial charge in [0.2, 0.25) is 0 Å². The second-order valence-corrected chi connectivity index (χ2v) is 7.67. The molecule has 5 heteroatoms. The van der Waals surface area contributed by atoms with E-state index in [2.05, 4.69) is 25.7 Å². The standard InChI is InChI=1S/C23H31NO4/c1-16-11-21(12-17(2)18(16)3)28-23-15-24(14-22(23)26)13-19-5-7-20(8-6-19)27-10-4-9-25/h5-8,11-12,22-23,25-26H,4,9-10,13-15H2,1-3H3/t22-,23-/m0/s1. The topological polar surface area (TPSA) is 62.2 Å². The second-order valence-electron chi connectivity index (χ2n) is 7.67. The maximum atomic E-state index is 10.4. The molecule has 2 aromatic carbocycles. The van der Waals surface area contributed by atoms with Crippen molar-refractivity contribution < 1.29 is 19.7 Å². The van der Waals surface area contributed by atoms with Crippen LogP contribution in [0.4, 0.5) is 0 Å². The monoisotopic (exact) mass is 385 g/mol. The Morgan fingerprint density at radius 3 is 2.32 bits per heavy atom. The van der Waals surface area contributed by atoms with Crippen LogP contribution in [0, 0.1) is 20.8 Å². The van der Waals surface area contributed by atoms with E-state index >= 15 is 0 Å². The molecule has 1 aliphatic heterocycles. The molecule has 1 fully saturated rings. The predicted molar refractivity (Wildman–Crippen MR) is 110 cm³/mol. The average molecular weight is 386 g/mol. The molecule has 0 radical (unpaired) electrons. The average Bonchev–Trinajstić information content (AvgIpc) is 3.00. The smallest absolute Gasteiger partial charge is 0.138 e. The van der Waals surface area contributed by atoms with Crippen LogP contribution in [0.1, 0.15) is 28.7 Å². The molecule has 2 N–H and O–H groups in total. The molecule has 1 heterocycles. The highest BCUT2D eigenvalue weighted by Gasteiger charge is 2.33. The minimum absolute atomic E-state index is 0.139. The Bertz CT molecular complexity index is 752. The third-order valence-corrected chi connectivity index (χ3v) is 5.40. The van der Waals surface area contributed by atoms with Gasteiger partial charge in [0.05, 0.1) is 6.61 Å². The van der Waals surface area contributed by atoms with E-state index in [1.54, 1.807) is 0 Å². The van der Waals surface area contributed by atoms with Gasteiger partial charge in [-0.05, 0) is 67.3 Å². The van der Waals surface area contributed by atoms with Crippen molar-refractivity contribution in [1.82, 2.24) is 4.90 Å². The molecule has 0 aromatic heterocycles. The van der Waals surface area contributed by atoms with E-state index in [9.17, 15) is 5.11 Å². The zero-order chi connectivity index (χ0) is 20.1. The van der Waals surface area contributed by atoms with Crippen LogP contribution in [-0.2, 0) is 6.54 Å². The van der Waals surface area contributed by atoms with Crippen molar-refractivity contribution in [3.8, 4) is 11.5 Å². The second kappa shape index (κ2) is 9.41. The number of aliphatic hydroxyl groups excluding tert-OH is 2. The number of aryl methyl sites for hydroxylation is 2. The fraction of sp³-hybridized carbons (Fsp3) is 0.478. The van der Waals surface area contributed by atoms with Crippen LogP contribution in [0.3, 0.4) is 0 Å². The SMILES string of the molecule is Cc1cc(O[C@H]2CN(Cc3ccc(OCCCO)cc3)C[C@@H]2O)cc(C)c1C. The van der Waals surface area contributed by atoms with Crippen LogP contribution in [-0.4, -0.2) is 53.6 Å². The van der Waals surface area contributed by atoms with Gasteiger partial charge in [0.25, 0.3) is 0 Å². The molecule has 0 amide bonds. The largest absolute Gasteiger partial charge is 0.494 e. The lowest BCUT2D eigenvalue weighted by molar-refractivity contribution is 0.0736. The fourth-order valence-electron chi connectivity index (χ4n) is 3.52. The first-order chi connectivity index (χ1) is 13.5. The van der Waals surface area contributed by atoms with E-state index in [1.807, 2.05) is 36.4 Å². The van der Waals surface area contributed by atoms with E-state index < -0.39 is 6.10 Å². The first-order valence-electron chi connectivity index (χ1n) is 9.94. The van der Waals surface area contributed by atoms with Crippen LogP contribution in [0.15, 0.2) is 36.4 Å². The maximum absolute atomic E-state index is 10.4. The highest BCUT2D eigenvalue weighted by Crippen LogP contribution is 2.25. The summed E-state index contributed by atoms with van der Waals surface area (Å²) in [7, 11) is 0. The summed E-state index contributed by atoms with van der Waals surface area (Å²) in [6.07, 6.45) is -0.0833. The molecule has 0 bridgehead atoms. The summed E-state index contributed by atoms with van der Waals surface area (Å²) in [4.78, 5) is 2.21. The van der Waals surface area contributed by atoms with Crippen molar-refractivity contribution >= 4 is 0 Å². The van der Waals surface area contributed by atoms with Crippen LogP contribution in [0.5, 0.6) is 11.5 Å². The van der Waals surface area contributed by atoms with E-state index in [-0.39, 0.29) is 12.7 Å². The quantitative estimate of drug-likeness (QED) is 0.684. The van der Waals surface area contributed by atoms with Gasteiger partial charge >= 0.3 is 0 Å². The van der Waals surface area contributed by atoms with Gasteiger partial charge in [-0.1, -0.05) is 12.1 Å². The van der Waals surface area contributed by atoms with Gasteiger partial charge in [-0.15, -0.1) is 0 Å². The number of β-amino-alcohol motifs (C(OH)–C–C–N with tert-alkyl or cyclic N) is 1. The van der Waals surface area contributed by atoms with Gasteiger partial charge in [0.15, 0.2) is 0 Å². The third-order valence-electron chi connectivity index (χ3n) is 5.40. The molecule has 2 atom stereocenters. The fourth-order valence-corrected chi connectivity index (χ4v) is 3.52. The number of ether oxygens (including phenoxy) is 2. The molecule has 3 rings (SSSR count). The van der Waals surface area contributed by atoms with Crippen LogP contribution >= 0.6 is 0 Å². The van der Waals surface area contributed by atoms with Crippen molar-refractivity contribution in [3.63, 3.8) is 0 Å². The maximum Gasteiger partial charge on any atom is 0.138 e. The Kier molecular flexibility index (Phi) is 6.94. The van der Waals surface area contributed by atoms with Crippen LogP contribution in [0.2, 0.25) is 0 Å². The summed E-state index contributed by atoms with van der Waals surface area (Å²) in [5.74, 6) is 1.64. The van der Waals surface area contributed by atoms with Gasteiger partial charge in [0.1, 0.15) is 23.7 Å². The molecule has 0 spiro atoms. The van der Waals surface area contributed by atoms with Gasteiger partial charge in [-0.2, -0.15) is 0 Å². The molecular weight excluding hydrogens is 354 g/mol. The lowest BCUT2D eigenvalue weighted by Gasteiger charge is -2.19. The molecular formula is C23H31NO4. The minimum atomic E-state index is -0.497. The van der Waals surface area contributed by atoms with Crippen LogP contribution < -0.4 is 9.47 Å². The molecule has 1 saturated heterocycles. The Morgan fingerprint density at radius 1 is 1.00 bits per heavy atom. The Labute approximate surface area is 167 Å². The summed E-state index contributed by atoms with van der Waals surface area (Å²) in [5, 5.41) is 19.3.